The van der Waals surface area contributed by atoms with E-state index in [1.165, 1.54) is 30.4 Å². The summed E-state index contributed by atoms with van der Waals surface area (Å²) in [6, 6.07) is 9.36. The van der Waals surface area contributed by atoms with E-state index >= 15 is 0 Å². The van der Waals surface area contributed by atoms with E-state index in [1.54, 1.807) is 0 Å². The highest BCUT2D eigenvalue weighted by Gasteiger charge is 2.22. The van der Waals surface area contributed by atoms with Crippen LogP contribution in [-0.2, 0) is 9.47 Å². The van der Waals surface area contributed by atoms with Crippen molar-refractivity contribution in [1.82, 2.24) is 5.32 Å². The zero-order chi connectivity index (χ0) is 14.9. The van der Waals surface area contributed by atoms with E-state index in [0.29, 0.717) is 19.3 Å². The molecule has 118 valence electrons. The zero-order valence-electron chi connectivity index (χ0n) is 13.4. The smallest absolute Gasteiger partial charge is 0.0950 e. The van der Waals surface area contributed by atoms with Gasteiger partial charge in [0.15, 0.2) is 0 Å². The Balaban J connectivity index is 1.75. The Bertz CT molecular complexity index is 387. The first-order chi connectivity index (χ1) is 10.3. The molecule has 1 N–H and O–H groups in total. The monoisotopic (exact) mass is 291 g/mol. The molecule has 1 atom stereocenters. The van der Waals surface area contributed by atoms with Gasteiger partial charge in [0, 0.05) is 19.2 Å². The molecule has 3 nitrogen and oxygen atoms in total. The Morgan fingerprint density at radius 1 is 1.14 bits per heavy atom. The molecule has 0 aromatic heterocycles. The number of rotatable bonds is 11. The van der Waals surface area contributed by atoms with Crippen molar-refractivity contribution in [1.29, 1.82) is 0 Å². The molecular formula is C18H29NO2. The van der Waals surface area contributed by atoms with E-state index < -0.39 is 0 Å². The van der Waals surface area contributed by atoms with E-state index in [1.807, 2.05) is 0 Å². The van der Waals surface area contributed by atoms with Crippen LogP contribution in [0, 0.1) is 6.92 Å². The van der Waals surface area contributed by atoms with Crippen LogP contribution in [0.5, 0.6) is 0 Å². The minimum Gasteiger partial charge on any atom is -0.379 e. The minimum atomic E-state index is 0.126. The lowest BCUT2D eigenvalue weighted by atomic mass is 10.1. The Hall–Kier alpha value is -0.900. The summed E-state index contributed by atoms with van der Waals surface area (Å²) in [6.45, 7) is 7.37. The summed E-state index contributed by atoms with van der Waals surface area (Å²) < 4.78 is 11.6. The van der Waals surface area contributed by atoms with Crippen LogP contribution in [0.3, 0.4) is 0 Å². The summed E-state index contributed by atoms with van der Waals surface area (Å²) in [5.41, 5.74) is 2.54. The van der Waals surface area contributed by atoms with Gasteiger partial charge in [-0.3, -0.25) is 0 Å². The fraction of sp³-hybridized carbons (Fsp3) is 0.667. The number of hydrogen-bond donors (Lipinski definition) is 1. The maximum Gasteiger partial charge on any atom is 0.0950 e. The summed E-state index contributed by atoms with van der Waals surface area (Å²) in [7, 11) is 0. The number of ether oxygens (including phenoxy) is 2. The molecule has 0 aliphatic heterocycles. The van der Waals surface area contributed by atoms with Crippen molar-refractivity contribution >= 4 is 0 Å². The normalized spacial score (nSPS) is 16.1. The van der Waals surface area contributed by atoms with Crippen LogP contribution in [0.4, 0.5) is 0 Å². The van der Waals surface area contributed by atoms with Gasteiger partial charge in [0.2, 0.25) is 0 Å². The molecule has 1 aliphatic rings. The van der Waals surface area contributed by atoms with E-state index in [-0.39, 0.29) is 6.10 Å². The Morgan fingerprint density at radius 3 is 2.57 bits per heavy atom. The number of benzene rings is 1. The molecule has 1 aromatic rings. The molecule has 1 aromatic carbocycles. The maximum atomic E-state index is 6.04. The molecule has 2 rings (SSSR count). The van der Waals surface area contributed by atoms with Crippen molar-refractivity contribution < 1.29 is 9.47 Å². The lowest BCUT2D eigenvalue weighted by molar-refractivity contribution is 0.00345. The summed E-state index contributed by atoms with van der Waals surface area (Å²) in [5, 5.41) is 3.57. The third-order valence-corrected chi connectivity index (χ3v) is 3.81. The van der Waals surface area contributed by atoms with Crippen molar-refractivity contribution in [2.75, 3.05) is 26.4 Å². The third-order valence-electron chi connectivity index (χ3n) is 3.81. The number of aryl methyl sites for hydroxylation is 1. The third kappa shape index (κ3) is 6.60. The maximum absolute atomic E-state index is 6.04. The van der Waals surface area contributed by atoms with Gasteiger partial charge in [-0.25, -0.2) is 0 Å². The molecule has 1 unspecified atom stereocenters. The second kappa shape index (κ2) is 9.19. The van der Waals surface area contributed by atoms with Crippen LogP contribution in [0.1, 0.15) is 49.8 Å². The first-order valence-corrected chi connectivity index (χ1v) is 8.29. The second-order valence-corrected chi connectivity index (χ2v) is 5.92. The molecule has 0 spiro atoms. The molecule has 0 heterocycles. The summed E-state index contributed by atoms with van der Waals surface area (Å²) in [6.07, 6.45) is 5.05. The standard InChI is InChI=1S/C18H29NO2/c1-3-4-11-20-12-13-21-18(14-19-17-9-10-17)16-7-5-15(2)6-8-16/h5-8,17-19H,3-4,9-14H2,1-2H3. The molecule has 1 fully saturated rings. The highest BCUT2D eigenvalue weighted by Crippen LogP contribution is 2.22. The molecule has 0 saturated heterocycles. The zero-order valence-corrected chi connectivity index (χ0v) is 13.4. The van der Waals surface area contributed by atoms with E-state index in [4.69, 9.17) is 9.47 Å². The SMILES string of the molecule is CCCCOCCOC(CNC1CC1)c1ccc(C)cc1. The van der Waals surface area contributed by atoms with Gasteiger partial charge in [-0.15, -0.1) is 0 Å². The molecular weight excluding hydrogens is 262 g/mol. The fourth-order valence-corrected chi connectivity index (χ4v) is 2.21. The summed E-state index contributed by atoms with van der Waals surface area (Å²) in [5.74, 6) is 0. The molecule has 1 aliphatic carbocycles. The second-order valence-electron chi connectivity index (χ2n) is 5.92. The topological polar surface area (TPSA) is 30.5 Å². The number of unbranched alkanes of at least 4 members (excludes halogenated alkanes) is 1. The quantitative estimate of drug-likeness (QED) is 0.632. The predicted molar refractivity (Wildman–Crippen MR) is 86.6 cm³/mol. The van der Waals surface area contributed by atoms with E-state index in [0.717, 1.165) is 19.6 Å². The van der Waals surface area contributed by atoms with Gasteiger partial charge in [-0.1, -0.05) is 43.2 Å². The van der Waals surface area contributed by atoms with Crippen molar-refractivity contribution in [3.63, 3.8) is 0 Å². The molecule has 0 amide bonds. The van der Waals surface area contributed by atoms with Gasteiger partial charge < -0.3 is 14.8 Å². The average Bonchev–Trinajstić information content (AvgIpc) is 3.31. The Labute approximate surface area is 129 Å². The minimum absolute atomic E-state index is 0.126. The van der Waals surface area contributed by atoms with Crippen LogP contribution in [0.15, 0.2) is 24.3 Å². The van der Waals surface area contributed by atoms with Crippen molar-refractivity contribution in [3.05, 3.63) is 35.4 Å². The van der Waals surface area contributed by atoms with Crippen molar-refractivity contribution in [3.8, 4) is 0 Å². The Morgan fingerprint density at radius 2 is 1.90 bits per heavy atom. The lowest BCUT2D eigenvalue weighted by Gasteiger charge is -2.19. The van der Waals surface area contributed by atoms with E-state index in [9.17, 15) is 0 Å². The Kier molecular flexibility index (Phi) is 7.20. The summed E-state index contributed by atoms with van der Waals surface area (Å²) >= 11 is 0. The summed E-state index contributed by atoms with van der Waals surface area (Å²) in [4.78, 5) is 0. The van der Waals surface area contributed by atoms with Gasteiger partial charge in [-0.2, -0.15) is 0 Å². The number of nitrogens with one attached hydrogen (secondary N) is 1. The molecule has 21 heavy (non-hydrogen) atoms. The van der Waals surface area contributed by atoms with Gasteiger partial charge >= 0.3 is 0 Å². The highest BCUT2D eigenvalue weighted by atomic mass is 16.5. The van der Waals surface area contributed by atoms with Crippen LogP contribution in [0.25, 0.3) is 0 Å². The molecule has 1 saturated carbocycles. The van der Waals surface area contributed by atoms with Crippen molar-refractivity contribution in [2.24, 2.45) is 0 Å². The first kappa shape index (κ1) is 16.5. The molecule has 3 heteroatoms. The largest absolute Gasteiger partial charge is 0.379 e. The van der Waals surface area contributed by atoms with Gasteiger partial charge in [0.05, 0.1) is 19.3 Å². The van der Waals surface area contributed by atoms with Crippen LogP contribution in [-0.4, -0.2) is 32.4 Å². The lowest BCUT2D eigenvalue weighted by Crippen LogP contribution is -2.26. The first-order valence-electron chi connectivity index (χ1n) is 8.29. The van der Waals surface area contributed by atoms with E-state index in [2.05, 4.69) is 43.4 Å². The molecule has 0 bridgehead atoms. The molecule has 0 radical (unpaired) electrons. The fourth-order valence-electron chi connectivity index (χ4n) is 2.21. The van der Waals surface area contributed by atoms with Gasteiger partial charge in [0.1, 0.15) is 0 Å². The van der Waals surface area contributed by atoms with Crippen LogP contribution >= 0.6 is 0 Å². The number of hydrogen-bond acceptors (Lipinski definition) is 3. The van der Waals surface area contributed by atoms with Crippen LogP contribution < -0.4 is 5.32 Å². The highest BCUT2D eigenvalue weighted by molar-refractivity contribution is 5.23. The van der Waals surface area contributed by atoms with Crippen molar-refractivity contribution in [2.45, 2.75) is 51.7 Å². The van der Waals surface area contributed by atoms with Crippen LogP contribution in [0.2, 0.25) is 0 Å². The average molecular weight is 291 g/mol. The van der Waals surface area contributed by atoms with Gasteiger partial charge in [0.25, 0.3) is 0 Å². The predicted octanol–water partition coefficient (Wildman–Crippen LogP) is 3.62. The van der Waals surface area contributed by atoms with Gasteiger partial charge in [-0.05, 0) is 31.7 Å².